The van der Waals surface area contributed by atoms with E-state index in [2.05, 4.69) is 10.2 Å². The molecule has 3 rings (SSSR count). The van der Waals surface area contributed by atoms with Gasteiger partial charge in [-0.15, -0.1) is 10.2 Å². The molecule has 2 aromatic rings. The zero-order valence-corrected chi connectivity index (χ0v) is 12.7. The summed E-state index contributed by atoms with van der Waals surface area (Å²) in [6, 6.07) is 3.94. The molecule has 0 aliphatic carbocycles. The van der Waals surface area contributed by atoms with Gasteiger partial charge < -0.3 is 15.0 Å². The van der Waals surface area contributed by atoms with Gasteiger partial charge in [-0.2, -0.15) is 0 Å². The van der Waals surface area contributed by atoms with Crippen LogP contribution in [0.25, 0.3) is 0 Å². The SMILES string of the molecule is Cn1c(CN)nnc1SCc1cc(Cl)cc2c1OCC2. The molecule has 0 spiro atoms. The summed E-state index contributed by atoms with van der Waals surface area (Å²) in [4.78, 5) is 0. The highest BCUT2D eigenvalue weighted by molar-refractivity contribution is 7.98. The van der Waals surface area contributed by atoms with Gasteiger partial charge in [0.2, 0.25) is 0 Å². The molecule has 2 N–H and O–H groups in total. The molecule has 20 heavy (non-hydrogen) atoms. The minimum atomic E-state index is 0.389. The summed E-state index contributed by atoms with van der Waals surface area (Å²) in [5, 5.41) is 9.79. The normalized spacial score (nSPS) is 13.3. The van der Waals surface area contributed by atoms with Crippen LogP contribution in [0.2, 0.25) is 5.02 Å². The van der Waals surface area contributed by atoms with E-state index < -0.39 is 0 Å². The van der Waals surface area contributed by atoms with Crippen LogP contribution >= 0.6 is 23.4 Å². The minimum absolute atomic E-state index is 0.389. The number of ether oxygens (including phenoxy) is 1. The van der Waals surface area contributed by atoms with Crippen molar-refractivity contribution in [1.82, 2.24) is 14.8 Å². The highest BCUT2D eigenvalue weighted by Gasteiger charge is 2.18. The molecule has 1 aromatic heterocycles. The van der Waals surface area contributed by atoms with Crippen molar-refractivity contribution in [2.75, 3.05) is 6.61 Å². The van der Waals surface area contributed by atoms with E-state index in [-0.39, 0.29) is 0 Å². The molecule has 2 heterocycles. The van der Waals surface area contributed by atoms with Crippen molar-refractivity contribution in [3.8, 4) is 5.75 Å². The number of halogens is 1. The Bertz CT molecular complexity index is 644. The first kappa shape index (κ1) is 13.7. The van der Waals surface area contributed by atoms with Crippen LogP contribution in [0.3, 0.4) is 0 Å². The third-order valence-electron chi connectivity index (χ3n) is 3.29. The van der Waals surface area contributed by atoms with Crippen LogP contribution in [-0.4, -0.2) is 21.4 Å². The number of fused-ring (bicyclic) bond motifs is 1. The van der Waals surface area contributed by atoms with Crippen molar-refractivity contribution >= 4 is 23.4 Å². The van der Waals surface area contributed by atoms with Crippen molar-refractivity contribution in [3.05, 3.63) is 34.1 Å². The van der Waals surface area contributed by atoms with E-state index in [9.17, 15) is 0 Å². The molecule has 1 aliphatic heterocycles. The Morgan fingerprint density at radius 1 is 1.45 bits per heavy atom. The van der Waals surface area contributed by atoms with Crippen LogP contribution in [0.4, 0.5) is 0 Å². The molecule has 0 unspecified atom stereocenters. The highest BCUT2D eigenvalue weighted by atomic mass is 35.5. The van der Waals surface area contributed by atoms with Crippen molar-refractivity contribution in [2.24, 2.45) is 12.8 Å². The first-order valence-electron chi connectivity index (χ1n) is 6.34. The molecule has 1 aliphatic rings. The van der Waals surface area contributed by atoms with E-state index >= 15 is 0 Å². The lowest BCUT2D eigenvalue weighted by atomic mass is 10.1. The number of thioether (sulfide) groups is 1. The topological polar surface area (TPSA) is 66.0 Å². The average Bonchev–Trinajstić information content (AvgIpc) is 3.02. The Morgan fingerprint density at radius 3 is 3.05 bits per heavy atom. The first-order valence-corrected chi connectivity index (χ1v) is 7.70. The number of rotatable bonds is 4. The lowest BCUT2D eigenvalue weighted by Gasteiger charge is -2.08. The average molecular weight is 311 g/mol. The van der Waals surface area contributed by atoms with Crippen molar-refractivity contribution < 1.29 is 4.74 Å². The highest BCUT2D eigenvalue weighted by Crippen LogP contribution is 2.36. The summed E-state index contributed by atoms with van der Waals surface area (Å²) in [5.74, 6) is 2.50. The molecule has 0 saturated carbocycles. The fourth-order valence-electron chi connectivity index (χ4n) is 2.24. The van der Waals surface area contributed by atoms with Gasteiger partial charge in [-0.1, -0.05) is 23.4 Å². The summed E-state index contributed by atoms with van der Waals surface area (Å²) in [5.41, 5.74) is 7.89. The molecular weight excluding hydrogens is 296 g/mol. The summed E-state index contributed by atoms with van der Waals surface area (Å²) < 4.78 is 7.61. The number of benzene rings is 1. The summed E-state index contributed by atoms with van der Waals surface area (Å²) in [6.07, 6.45) is 0.925. The zero-order chi connectivity index (χ0) is 14.1. The van der Waals surface area contributed by atoms with Crippen LogP contribution < -0.4 is 10.5 Å². The van der Waals surface area contributed by atoms with Gasteiger partial charge in [-0.3, -0.25) is 0 Å². The maximum Gasteiger partial charge on any atom is 0.191 e. The molecule has 106 valence electrons. The van der Waals surface area contributed by atoms with Gasteiger partial charge in [0.25, 0.3) is 0 Å². The number of nitrogens with zero attached hydrogens (tertiary/aromatic N) is 3. The Labute approximate surface area is 126 Å². The molecule has 7 heteroatoms. The summed E-state index contributed by atoms with van der Waals surface area (Å²) >= 11 is 7.76. The molecule has 0 radical (unpaired) electrons. The summed E-state index contributed by atoms with van der Waals surface area (Å²) in [6.45, 7) is 1.12. The fraction of sp³-hybridized carbons (Fsp3) is 0.385. The van der Waals surface area contributed by atoms with E-state index in [0.29, 0.717) is 6.54 Å². The Kier molecular flexibility index (Phi) is 3.87. The van der Waals surface area contributed by atoms with E-state index in [0.717, 1.165) is 46.1 Å². The van der Waals surface area contributed by atoms with Crippen LogP contribution in [0.15, 0.2) is 17.3 Å². The second-order valence-corrected chi connectivity index (χ2v) is 5.98. The predicted octanol–water partition coefficient (Wildman–Crippen LogP) is 2.15. The minimum Gasteiger partial charge on any atom is -0.493 e. The predicted molar refractivity (Wildman–Crippen MR) is 79.1 cm³/mol. The van der Waals surface area contributed by atoms with E-state index in [1.165, 1.54) is 5.56 Å². The van der Waals surface area contributed by atoms with Crippen LogP contribution in [0.1, 0.15) is 17.0 Å². The lowest BCUT2D eigenvalue weighted by Crippen LogP contribution is -2.05. The van der Waals surface area contributed by atoms with E-state index in [4.69, 9.17) is 22.1 Å². The molecule has 0 bridgehead atoms. The second kappa shape index (κ2) is 5.63. The fourth-order valence-corrected chi connectivity index (χ4v) is 3.40. The van der Waals surface area contributed by atoms with Gasteiger partial charge in [-0.05, 0) is 17.7 Å². The molecule has 0 saturated heterocycles. The van der Waals surface area contributed by atoms with Gasteiger partial charge in [-0.25, -0.2) is 0 Å². The third-order valence-corrected chi connectivity index (χ3v) is 4.58. The number of hydrogen-bond donors (Lipinski definition) is 1. The number of nitrogens with two attached hydrogens (primary N) is 1. The van der Waals surface area contributed by atoms with Crippen molar-refractivity contribution in [3.63, 3.8) is 0 Å². The van der Waals surface area contributed by atoms with Crippen LogP contribution in [0, 0.1) is 0 Å². The largest absolute Gasteiger partial charge is 0.493 e. The molecule has 0 fully saturated rings. The summed E-state index contributed by atoms with van der Waals surface area (Å²) in [7, 11) is 1.92. The Morgan fingerprint density at radius 2 is 2.30 bits per heavy atom. The van der Waals surface area contributed by atoms with E-state index in [1.807, 2.05) is 23.7 Å². The van der Waals surface area contributed by atoms with Crippen LogP contribution in [-0.2, 0) is 25.8 Å². The van der Waals surface area contributed by atoms with Crippen molar-refractivity contribution in [1.29, 1.82) is 0 Å². The van der Waals surface area contributed by atoms with Gasteiger partial charge in [0, 0.05) is 29.8 Å². The monoisotopic (exact) mass is 310 g/mol. The lowest BCUT2D eigenvalue weighted by molar-refractivity contribution is 0.354. The maximum absolute atomic E-state index is 6.15. The third kappa shape index (κ3) is 2.51. The van der Waals surface area contributed by atoms with Crippen LogP contribution in [0.5, 0.6) is 5.75 Å². The quantitative estimate of drug-likeness (QED) is 0.877. The van der Waals surface area contributed by atoms with Crippen molar-refractivity contribution in [2.45, 2.75) is 23.9 Å². The Hall–Kier alpha value is -1.24. The number of hydrogen-bond acceptors (Lipinski definition) is 5. The maximum atomic E-state index is 6.15. The van der Waals surface area contributed by atoms with Gasteiger partial charge >= 0.3 is 0 Å². The van der Waals surface area contributed by atoms with Gasteiger partial charge in [0.05, 0.1) is 13.2 Å². The molecule has 1 aromatic carbocycles. The Balaban J connectivity index is 1.80. The standard InChI is InChI=1S/C13H15ClN4OS/c1-18-11(6-15)16-17-13(18)20-7-9-5-10(14)4-8-2-3-19-12(8)9/h4-5H,2-3,6-7,15H2,1H3. The molecular formula is C13H15ClN4OS. The van der Waals surface area contributed by atoms with Gasteiger partial charge in [0.1, 0.15) is 11.6 Å². The second-order valence-electron chi connectivity index (χ2n) is 4.60. The molecule has 5 nitrogen and oxygen atoms in total. The molecule has 0 amide bonds. The smallest absolute Gasteiger partial charge is 0.191 e. The zero-order valence-electron chi connectivity index (χ0n) is 11.1. The number of aromatic nitrogens is 3. The molecule has 0 atom stereocenters. The van der Waals surface area contributed by atoms with Gasteiger partial charge in [0.15, 0.2) is 5.16 Å². The first-order chi connectivity index (χ1) is 9.69. The van der Waals surface area contributed by atoms with E-state index in [1.54, 1.807) is 11.8 Å².